The second-order valence-corrected chi connectivity index (χ2v) is 7.57. The number of fused-ring (bicyclic) bond motifs is 6. The summed E-state index contributed by atoms with van der Waals surface area (Å²) in [6, 6.07) is 9.80. The van der Waals surface area contributed by atoms with Gasteiger partial charge in [0.25, 0.3) is 5.56 Å². The molecule has 4 heteroatoms. The van der Waals surface area contributed by atoms with Crippen LogP contribution in [0.5, 0.6) is 0 Å². The summed E-state index contributed by atoms with van der Waals surface area (Å²) in [7, 11) is 0. The topological polar surface area (TPSA) is 54.9 Å². The number of ketones is 1. The van der Waals surface area contributed by atoms with Crippen molar-refractivity contribution in [3.63, 3.8) is 0 Å². The van der Waals surface area contributed by atoms with Gasteiger partial charge < -0.3 is 4.98 Å². The second-order valence-electron chi connectivity index (χ2n) is 7.57. The van der Waals surface area contributed by atoms with Gasteiger partial charge in [-0.3, -0.25) is 14.2 Å². The third-order valence-corrected chi connectivity index (χ3v) is 6.03. The zero-order valence-electron chi connectivity index (χ0n) is 15.3. The fraction of sp³-hybridized carbons (Fsp3) is 0.167. The van der Waals surface area contributed by atoms with Gasteiger partial charge in [0.15, 0.2) is 0 Å². The quantitative estimate of drug-likeness (QED) is 0.678. The number of H-pyrrole nitrogens is 1. The minimum absolute atomic E-state index is 0.0461. The standard InChI is InChI=1S/C24H18N2O2/c27-23-16-11-5-7-13-18(16)26-22(23)21-20(15-10-4-6-12-17(15)25-21)19(24(26)28)14-8-2-1-3-9-14/h1-5,8-11,25H,6-7,12-13H2. The minimum atomic E-state index is -0.0943. The highest BCUT2D eigenvalue weighted by Crippen LogP contribution is 2.41. The largest absolute Gasteiger partial charge is 0.356 e. The average molecular weight is 366 g/mol. The van der Waals surface area contributed by atoms with E-state index in [-0.39, 0.29) is 11.3 Å². The van der Waals surface area contributed by atoms with Crippen LogP contribution in [0.3, 0.4) is 0 Å². The Kier molecular flexibility index (Phi) is 3.10. The molecule has 3 heterocycles. The highest BCUT2D eigenvalue weighted by atomic mass is 16.1. The zero-order chi connectivity index (χ0) is 18.8. The maximum absolute atomic E-state index is 13.8. The van der Waals surface area contributed by atoms with Gasteiger partial charge in [-0.25, -0.2) is 0 Å². The van der Waals surface area contributed by atoms with Gasteiger partial charge >= 0.3 is 0 Å². The molecule has 2 aromatic heterocycles. The van der Waals surface area contributed by atoms with Crippen molar-refractivity contribution in [3.8, 4) is 11.1 Å². The number of aromatic amines is 1. The molecule has 28 heavy (non-hydrogen) atoms. The van der Waals surface area contributed by atoms with E-state index in [1.54, 1.807) is 4.57 Å². The van der Waals surface area contributed by atoms with Crippen LogP contribution in [0.15, 0.2) is 58.9 Å². The SMILES string of the molecule is O=C1C2=C(CCC=C2)n2c1c1[nH]c3c(c1c(-c1ccccc1)c2=O)C=CCC3. The number of allylic oxidation sites excluding steroid dienone is 5. The fourth-order valence-electron chi connectivity index (χ4n) is 4.81. The lowest BCUT2D eigenvalue weighted by molar-refractivity contribution is 0.103. The molecule has 1 aliphatic heterocycles. The summed E-state index contributed by atoms with van der Waals surface area (Å²) in [6.45, 7) is 0. The van der Waals surface area contributed by atoms with Crippen LogP contribution in [0.25, 0.3) is 33.8 Å². The molecule has 2 aliphatic carbocycles. The third-order valence-electron chi connectivity index (χ3n) is 6.03. The third kappa shape index (κ3) is 1.89. The molecule has 0 atom stereocenters. The van der Waals surface area contributed by atoms with Crippen LogP contribution in [-0.2, 0) is 6.42 Å². The summed E-state index contributed by atoms with van der Waals surface area (Å²) in [5.41, 5.74) is 6.43. The summed E-state index contributed by atoms with van der Waals surface area (Å²) in [4.78, 5) is 30.5. The Bertz CT molecular complexity index is 1330. The van der Waals surface area contributed by atoms with Gasteiger partial charge in [0.1, 0.15) is 5.69 Å². The summed E-state index contributed by atoms with van der Waals surface area (Å²) in [6.07, 6.45) is 11.5. The molecular formula is C24H18N2O2. The van der Waals surface area contributed by atoms with E-state index in [0.717, 1.165) is 52.7 Å². The predicted octanol–water partition coefficient (Wildman–Crippen LogP) is 4.71. The van der Waals surface area contributed by atoms with Crippen molar-refractivity contribution in [1.82, 2.24) is 9.55 Å². The molecule has 0 bridgehead atoms. The minimum Gasteiger partial charge on any atom is -0.356 e. The lowest BCUT2D eigenvalue weighted by Crippen LogP contribution is -2.23. The van der Waals surface area contributed by atoms with Crippen LogP contribution < -0.4 is 5.56 Å². The molecule has 0 saturated carbocycles. The lowest BCUT2D eigenvalue weighted by atomic mass is 9.95. The van der Waals surface area contributed by atoms with Crippen LogP contribution in [-0.4, -0.2) is 15.3 Å². The van der Waals surface area contributed by atoms with Crippen molar-refractivity contribution in [2.75, 3.05) is 0 Å². The van der Waals surface area contributed by atoms with Crippen LogP contribution in [0.1, 0.15) is 41.0 Å². The van der Waals surface area contributed by atoms with Crippen molar-refractivity contribution in [1.29, 1.82) is 0 Å². The van der Waals surface area contributed by atoms with E-state index < -0.39 is 0 Å². The van der Waals surface area contributed by atoms with Gasteiger partial charge in [-0.1, -0.05) is 54.6 Å². The first-order valence-corrected chi connectivity index (χ1v) is 9.76. The van der Waals surface area contributed by atoms with Crippen LogP contribution >= 0.6 is 0 Å². The normalized spacial score (nSPS) is 17.2. The summed E-state index contributed by atoms with van der Waals surface area (Å²) in [5, 5.41) is 0.880. The Morgan fingerprint density at radius 1 is 0.929 bits per heavy atom. The molecule has 0 saturated heterocycles. The number of carbonyl (C=O) groups excluding carboxylic acids is 1. The first-order valence-electron chi connectivity index (χ1n) is 9.76. The maximum Gasteiger partial charge on any atom is 0.264 e. The molecule has 1 N–H and O–H groups in total. The Labute approximate surface area is 161 Å². The number of benzene rings is 1. The van der Waals surface area contributed by atoms with E-state index in [1.165, 1.54) is 0 Å². The Balaban J connectivity index is 1.82. The van der Waals surface area contributed by atoms with Crippen molar-refractivity contribution in [3.05, 3.63) is 81.4 Å². The number of hydrogen-bond acceptors (Lipinski definition) is 2. The molecule has 3 aliphatic rings. The first-order chi connectivity index (χ1) is 13.8. The van der Waals surface area contributed by atoms with Crippen molar-refractivity contribution < 1.29 is 4.79 Å². The van der Waals surface area contributed by atoms with E-state index in [9.17, 15) is 9.59 Å². The second kappa shape index (κ2) is 5.55. The van der Waals surface area contributed by atoms with E-state index in [4.69, 9.17) is 0 Å². The number of rotatable bonds is 1. The molecule has 0 amide bonds. The molecule has 0 radical (unpaired) electrons. The molecule has 4 nitrogen and oxygen atoms in total. The molecule has 6 rings (SSSR count). The van der Waals surface area contributed by atoms with Gasteiger partial charge in [-0.2, -0.15) is 0 Å². The Hall–Kier alpha value is -3.40. The number of nitrogens with one attached hydrogen (secondary N) is 1. The molecule has 136 valence electrons. The average Bonchev–Trinajstić information content (AvgIpc) is 3.26. The summed E-state index contributed by atoms with van der Waals surface area (Å²) in [5.74, 6) is -0.0461. The molecule has 0 unspecified atom stereocenters. The van der Waals surface area contributed by atoms with E-state index in [1.807, 2.05) is 42.5 Å². The molecule has 0 fully saturated rings. The maximum atomic E-state index is 13.8. The van der Waals surface area contributed by atoms with E-state index in [0.29, 0.717) is 23.3 Å². The monoisotopic (exact) mass is 366 g/mol. The Morgan fingerprint density at radius 3 is 2.57 bits per heavy atom. The van der Waals surface area contributed by atoms with Crippen LogP contribution in [0.4, 0.5) is 0 Å². The number of aromatic nitrogens is 2. The van der Waals surface area contributed by atoms with Gasteiger partial charge in [-0.15, -0.1) is 0 Å². The number of Topliss-reactive ketones (excluding diaryl/α,β-unsaturated/α-hetero) is 1. The number of nitrogens with zero attached hydrogens (tertiary/aromatic N) is 1. The van der Waals surface area contributed by atoms with E-state index in [2.05, 4.69) is 17.1 Å². The molecule has 0 spiro atoms. The summed E-state index contributed by atoms with van der Waals surface area (Å²) < 4.78 is 1.68. The van der Waals surface area contributed by atoms with Crippen LogP contribution in [0.2, 0.25) is 0 Å². The zero-order valence-corrected chi connectivity index (χ0v) is 15.3. The number of pyridine rings is 1. The predicted molar refractivity (Wildman–Crippen MR) is 111 cm³/mol. The van der Waals surface area contributed by atoms with Gasteiger partial charge in [0.2, 0.25) is 5.78 Å². The molecule has 3 aromatic rings. The smallest absolute Gasteiger partial charge is 0.264 e. The van der Waals surface area contributed by atoms with Gasteiger partial charge in [0.05, 0.1) is 11.1 Å². The lowest BCUT2D eigenvalue weighted by Gasteiger charge is -2.14. The van der Waals surface area contributed by atoms with Crippen molar-refractivity contribution in [2.24, 2.45) is 0 Å². The highest BCUT2D eigenvalue weighted by molar-refractivity contribution is 6.24. The van der Waals surface area contributed by atoms with Crippen molar-refractivity contribution >= 4 is 28.5 Å². The fourth-order valence-corrected chi connectivity index (χ4v) is 4.81. The van der Waals surface area contributed by atoms with Crippen LogP contribution in [0, 0.1) is 0 Å². The number of hydrogen-bond donors (Lipinski definition) is 1. The highest BCUT2D eigenvalue weighted by Gasteiger charge is 2.35. The molecular weight excluding hydrogens is 348 g/mol. The van der Waals surface area contributed by atoms with Crippen molar-refractivity contribution in [2.45, 2.75) is 25.7 Å². The van der Waals surface area contributed by atoms with Gasteiger partial charge in [-0.05, 0) is 31.2 Å². The number of aryl methyl sites for hydroxylation is 1. The Morgan fingerprint density at radius 2 is 1.71 bits per heavy atom. The first kappa shape index (κ1) is 15.6. The molecule has 1 aromatic carbocycles. The number of carbonyl (C=O) groups is 1. The van der Waals surface area contributed by atoms with E-state index >= 15 is 0 Å². The van der Waals surface area contributed by atoms with Gasteiger partial charge in [0, 0.05) is 27.9 Å². The summed E-state index contributed by atoms with van der Waals surface area (Å²) >= 11 is 0.